The van der Waals surface area contributed by atoms with Crippen LogP contribution in [0.5, 0.6) is 0 Å². The van der Waals surface area contributed by atoms with Crippen LogP contribution in [0, 0.1) is 0 Å². The van der Waals surface area contributed by atoms with E-state index in [1.807, 2.05) is 72.8 Å². The van der Waals surface area contributed by atoms with E-state index in [1.54, 1.807) is 30.3 Å². The predicted octanol–water partition coefficient (Wildman–Crippen LogP) is 6.58. The molecule has 1 amide bonds. The van der Waals surface area contributed by atoms with Gasteiger partial charge in [0.05, 0.1) is 16.5 Å². The van der Waals surface area contributed by atoms with Crippen molar-refractivity contribution in [3.63, 3.8) is 0 Å². The maximum Gasteiger partial charge on any atom is 0.270 e. The largest absolute Gasteiger partial charge is 0.272 e. The second-order valence-electron chi connectivity index (χ2n) is 8.45. The van der Waals surface area contributed by atoms with Crippen LogP contribution in [-0.2, 0) is 21.2 Å². The fraction of sp³-hybridized carbons (Fsp3) is 0.167. The quantitative estimate of drug-likeness (QED) is 0.270. The summed E-state index contributed by atoms with van der Waals surface area (Å²) in [6.45, 7) is 2.13. The molecule has 0 spiro atoms. The van der Waals surface area contributed by atoms with Gasteiger partial charge in [-0.15, -0.1) is 0 Å². The van der Waals surface area contributed by atoms with Crippen LogP contribution < -0.4 is 4.31 Å². The molecule has 0 unspecified atom stereocenters. The fourth-order valence-electron chi connectivity index (χ4n) is 4.15. The van der Waals surface area contributed by atoms with E-state index in [0.29, 0.717) is 5.69 Å². The number of hydrogen-bond donors (Lipinski definition) is 0. The molecule has 0 radical (unpaired) electrons. The molecule has 0 atom stereocenters. The number of amides is 1. The van der Waals surface area contributed by atoms with Crippen LogP contribution in [0.4, 0.5) is 5.69 Å². The third-order valence-corrected chi connectivity index (χ3v) is 7.72. The van der Waals surface area contributed by atoms with Gasteiger partial charge in [0.25, 0.3) is 15.9 Å². The number of nitrogens with zero attached hydrogens (tertiary/aromatic N) is 1. The smallest absolute Gasteiger partial charge is 0.270 e. The van der Waals surface area contributed by atoms with Crippen molar-refractivity contribution < 1.29 is 13.2 Å². The maximum atomic E-state index is 14.3. The van der Waals surface area contributed by atoms with Gasteiger partial charge < -0.3 is 0 Å². The Hall–Kier alpha value is -3.70. The molecule has 0 saturated heterocycles. The fourth-order valence-corrected chi connectivity index (χ4v) is 5.60. The molecule has 0 heterocycles. The molecule has 0 N–H and O–H groups in total. The summed E-state index contributed by atoms with van der Waals surface area (Å²) in [6.07, 6.45) is 3.03. The standard InChI is InChI=1S/C30H29NO3S/c1-2-3-13-24-20-22-27(23-21-24)31(35(33,34)28-18-11-6-12-19-28)30(32)29(25-14-7-4-8-15-25)26-16-9-5-10-17-26/h4-12,14-23,29H,2-3,13H2,1H3. The van der Waals surface area contributed by atoms with Crippen molar-refractivity contribution in [3.8, 4) is 0 Å². The zero-order valence-corrected chi connectivity index (χ0v) is 20.6. The van der Waals surface area contributed by atoms with Gasteiger partial charge in [0.2, 0.25) is 0 Å². The van der Waals surface area contributed by atoms with E-state index in [4.69, 9.17) is 0 Å². The summed E-state index contributed by atoms with van der Waals surface area (Å²) in [7, 11) is -4.16. The zero-order valence-electron chi connectivity index (χ0n) is 19.7. The summed E-state index contributed by atoms with van der Waals surface area (Å²) < 4.78 is 28.8. The Morgan fingerprint density at radius 2 is 1.20 bits per heavy atom. The molecule has 0 aliphatic heterocycles. The van der Waals surface area contributed by atoms with Crippen molar-refractivity contribution in [3.05, 3.63) is 132 Å². The van der Waals surface area contributed by atoms with Crippen LogP contribution in [0.25, 0.3) is 0 Å². The Labute approximate surface area is 207 Å². The monoisotopic (exact) mass is 483 g/mol. The van der Waals surface area contributed by atoms with E-state index in [2.05, 4.69) is 6.92 Å². The van der Waals surface area contributed by atoms with Gasteiger partial charge in [-0.1, -0.05) is 104 Å². The number of sulfonamides is 1. The number of anilines is 1. The highest BCUT2D eigenvalue weighted by Crippen LogP contribution is 2.33. The summed E-state index contributed by atoms with van der Waals surface area (Å²) in [5, 5.41) is 0. The van der Waals surface area contributed by atoms with E-state index in [1.165, 1.54) is 12.1 Å². The van der Waals surface area contributed by atoms with Gasteiger partial charge in [0, 0.05) is 0 Å². The Morgan fingerprint density at radius 3 is 1.69 bits per heavy atom. The number of hydrogen-bond acceptors (Lipinski definition) is 3. The molecule has 5 heteroatoms. The Morgan fingerprint density at radius 1 is 0.714 bits per heavy atom. The Kier molecular flexibility index (Phi) is 7.78. The summed E-state index contributed by atoms with van der Waals surface area (Å²) >= 11 is 0. The summed E-state index contributed by atoms with van der Waals surface area (Å²) in [4.78, 5) is 14.3. The Balaban J connectivity index is 1.85. The maximum absolute atomic E-state index is 14.3. The van der Waals surface area contributed by atoms with Crippen LogP contribution in [0.3, 0.4) is 0 Å². The van der Waals surface area contributed by atoms with Crippen molar-refractivity contribution in [1.29, 1.82) is 0 Å². The van der Waals surface area contributed by atoms with Crippen molar-refractivity contribution in [2.24, 2.45) is 0 Å². The molecule has 4 nitrogen and oxygen atoms in total. The molecule has 4 aromatic rings. The third-order valence-electron chi connectivity index (χ3n) is 5.98. The normalized spacial score (nSPS) is 11.4. The molecular formula is C30H29NO3S. The van der Waals surface area contributed by atoms with E-state index in [9.17, 15) is 13.2 Å². The third kappa shape index (κ3) is 5.52. The molecule has 0 aliphatic carbocycles. The molecular weight excluding hydrogens is 454 g/mol. The first kappa shape index (κ1) is 24.4. The van der Waals surface area contributed by atoms with Gasteiger partial charge in [0.15, 0.2) is 0 Å². The molecule has 0 aliphatic rings. The average Bonchev–Trinajstić information content (AvgIpc) is 2.90. The zero-order chi connectivity index (χ0) is 24.7. The number of carbonyl (C=O) groups is 1. The molecule has 0 aromatic heterocycles. The van der Waals surface area contributed by atoms with E-state index < -0.39 is 21.8 Å². The van der Waals surface area contributed by atoms with Gasteiger partial charge in [-0.05, 0) is 53.8 Å². The second kappa shape index (κ2) is 11.2. The van der Waals surface area contributed by atoms with Gasteiger partial charge in [-0.2, -0.15) is 0 Å². The van der Waals surface area contributed by atoms with Crippen LogP contribution >= 0.6 is 0 Å². The molecule has 178 valence electrons. The lowest BCUT2D eigenvalue weighted by atomic mass is 9.90. The lowest BCUT2D eigenvalue weighted by Gasteiger charge is -2.28. The molecule has 0 saturated carbocycles. The van der Waals surface area contributed by atoms with Crippen molar-refractivity contribution >= 4 is 21.6 Å². The van der Waals surface area contributed by atoms with E-state index in [-0.39, 0.29) is 4.90 Å². The van der Waals surface area contributed by atoms with Gasteiger partial charge >= 0.3 is 0 Å². The number of carbonyl (C=O) groups excluding carboxylic acids is 1. The lowest BCUT2D eigenvalue weighted by molar-refractivity contribution is -0.118. The number of benzene rings is 4. The molecule has 35 heavy (non-hydrogen) atoms. The van der Waals surface area contributed by atoms with Crippen LogP contribution in [0.15, 0.2) is 120 Å². The molecule has 0 fully saturated rings. The minimum atomic E-state index is -4.16. The summed E-state index contributed by atoms with van der Waals surface area (Å²) in [5.41, 5.74) is 2.91. The average molecular weight is 484 g/mol. The topological polar surface area (TPSA) is 54.5 Å². The van der Waals surface area contributed by atoms with Crippen LogP contribution in [-0.4, -0.2) is 14.3 Å². The first-order valence-corrected chi connectivity index (χ1v) is 13.3. The van der Waals surface area contributed by atoms with Crippen LogP contribution in [0.2, 0.25) is 0 Å². The number of unbranched alkanes of at least 4 members (excludes halogenated alkanes) is 1. The minimum absolute atomic E-state index is 0.0725. The van der Waals surface area contributed by atoms with Gasteiger partial charge in [-0.3, -0.25) is 4.79 Å². The molecule has 4 rings (SSSR count). The number of rotatable bonds is 9. The summed E-state index contributed by atoms with van der Waals surface area (Å²) in [5.74, 6) is -1.30. The highest BCUT2D eigenvalue weighted by Gasteiger charge is 2.36. The highest BCUT2D eigenvalue weighted by atomic mass is 32.2. The lowest BCUT2D eigenvalue weighted by Crippen LogP contribution is -2.40. The van der Waals surface area contributed by atoms with Crippen molar-refractivity contribution in [2.45, 2.75) is 37.0 Å². The summed E-state index contributed by atoms with van der Waals surface area (Å²) in [6, 6.07) is 34.0. The minimum Gasteiger partial charge on any atom is -0.272 e. The predicted molar refractivity (Wildman–Crippen MR) is 141 cm³/mol. The van der Waals surface area contributed by atoms with E-state index in [0.717, 1.165) is 40.3 Å². The van der Waals surface area contributed by atoms with E-state index >= 15 is 0 Å². The van der Waals surface area contributed by atoms with Gasteiger partial charge in [0.1, 0.15) is 0 Å². The number of aryl methyl sites for hydroxylation is 1. The van der Waals surface area contributed by atoms with Gasteiger partial charge in [-0.25, -0.2) is 12.7 Å². The first-order chi connectivity index (χ1) is 17.0. The highest BCUT2D eigenvalue weighted by molar-refractivity contribution is 7.93. The first-order valence-electron chi connectivity index (χ1n) is 11.9. The molecule has 4 aromatic carbocycles. The molecule has 0 bridgehead atoms. The second-order valence-corrected chi connectivity index (χ2v) is 10.2. The van der Waals surface area contributed by atoms with Crippen LogP contribution in [0.1, 0.15) is 42.4 Å². The van der Waals surface area contributed by atoms with Crippen molar-refractivity contribution in [1.82, 2.24) is 0 Å². The Bertz CT molecular complexity index is 1300. The SMILES string of the molecule is CCCCc1ccc(N(C(=O)C(c2ccccc2)c2ccccc2)S(=O)(=O)c2ccccc2)cc1. The van der Waals surface area contributed by atoms with Crippen molar-refractivity contribution in [2.75, 3.05) is 4.31 Å².